The second-order valence-electron chi connectivity index (χ2n) is 4.57. The molecule has 0 aliphatic heterocycles. The predicted octanol–water partition coefficient (Wildman–Crippen LogP) is 2.69. The van der Waals surface area contributed by atoms with E-state index in [9.17, 15) is 0 Å². The number of aromatic nitrogens is 1. The third kappa shape index (κ3) is 3.89. The summed E-state index contributed by atoms with van der Waals surface area (Å²) >= 11 is 1.89. The molecule has 1 N–H and O–H groups in total. The summed E-state index contributed by atoms with van der Waals surface area (Å²) in [7, 11) is 4.11. The minimum Gasteiger partial charge on any atom is -0.356 e. The average molecular weight is 267 g/mol. The topological polar surface area (TPSA) is 28.2 Å². The number of hydrogen-bond acceptors (Lipinski definition) is 4. The second-order valence-corrected chi connectivity index (χ2v) is 5.48. The van der Waals surface area contributed by atoms with Gasteiger partial charge in [0, 0.05) is 31.1 Å². The van der Waals surface area contributed by atoms with Crippen LogP contribution in [0.1, 0.15) is 24.6 Å². The third-order valence-electron chi connectivity index (χ3n) is 3.29. The standard InChI is InChI=1S/C14H25N3S/c1-6-13(10-18-5)17(4)14-8-7-12(9-15-3)11(2)16-14/h7-8,13,15H,6,9-10H2,1-5H3. The molecule has 1 aromatic rings. The van der Waals surface area contributed by atoms with Gasteiger partial charge in [0.05, 0.1) is 0 Å². The Labute approximate surface area is 115 Å². The highest BCUT2D eigenvalue weighted by molar-refractivity contribution is 7.98. The molecule has 1 heterocycles. The first kappa shape index (κ1) is 15.3. The van der Waals surface area contributed by atoms with E-state index in [4.69, 9.17) is 4.98 Å². The van der Waals surface area contributed by atoms with Crippen molar-refractivity contribution in [1.29, 1.82) is 0 Å². The van der Waals surface area contributed by atoms with Crippen LogP contribution in [0.25, 0.3) is 0 Å². The highest BCUT2D eigenvalue weighted by Crippen LogP contribution is 2.18. The van der Waals surface area contributed by atoms with Crippen molar-refractivity contribution in [3.05, 3.63) is 23.4 Å². The lowest BCUT2D eigenvalue weighted by atomic mass is 10.2. The monoisotopic (exact) mass is 267 g/mol. The molecule has 4 heteroatoms. The molecule has 0 fully saturated rings. The van der Waals surface area contributed by atoms with Crippen LogP contribution < -0.4 is 10.2 Å². The Balaban J connectivity index is 2.85. The van der Waals surface area contributed by atoms with Crippen molar-refractivity contribution in [3.63, 3.8) is 0 Å². The highest BCUT2D eigenvalue weighted by Gasteiger charge is 2.14. The Morgan fingerprint density at radius 3 is 2.67 bits per heavy atom. The molecular formula is C14H25N3S. The molecule has 18 heavy (non-hydrogen) atoms. The van der Waals surface area contributed by atoms with E-state index in [1.54, 1.807) is 0 Å². The Hall–Kier alpha value is -0.740. The van der Waals surface area contributed by atoms with Gasteiger partial charge in [-0.3, -0.25) is 0 Å². The van der Waals surface area contributed by atoms with Crippen LogP contribution >= 0.6 is 11.8 Å². The molecule has 0 aliphatic carbocycles. The summed E-state index contributed by atoms with van der Waals surface area (Å²) in [5.41, 5.74) is 2.39. The summed E-state index contributed by atoms with van der Waals surface area (Å²) < 4.78 is 0. The van der Waals surface area contributed by atoms with Crippen molar-refractivity contribution < 1.29 is 0 Å². The molecule has 0 amide bonds. The summed E-state index contributed by atoms with van der Waals surface area (Å²) in [6.45, 7) is 5.20. The van der Waals surface area contributed by atoms with Crippen LogP contribution in [0.4, 0.5) is 5.82 Å². The predicted molar refractivity (Wildman–Crippen MR) is 82.6 cm³/mol. The van der Waals surface area contributed by atoms with E-state index in [0.717, 1.165) is 30.2 Å². The molecule has 1 rings (SSSR count). The molecule has 3 nitrogen and oxygen atoms in total. The highest BCUT2D eigenvalue weighted by atomic mass is 32.2. The van der Waals surface area contributed by atoms with Gasteiger partial charge in [-0.1, -0.05) is 13.0 Å². The van der Waals surface area contributed by atoms with Gasteiger partial charge in [0.15, 0.2) is 0 Å². The lowest BCUT2D eigenvalue weighted by Crippen LogP contribution is -2.33. The van der Waals surface area contributed by atoms with Crippen LogP contribution in [0.3, 0.4) is 0 Å². The van der Waals surface area contributed by atoms with Gasteiger partial charge < -0.3 is 10.2 Å². The van der Waals surface area contributed by atoms with Gasteiger partial charge in [-0.25, -0.2) is 4.98 Å². The van der Waals surface area contributed by atoms with Crippen LogP contribution in [0, 0.1) is 6.92 Å². The van der Waals surface area contributed by atoms with Crippen molar-refractivity contribution in [2.45, 2.75) is 32.9 Å². The largest absolute Gasteiger partial charge is 0.356 e. The van der Waals surface area contributed by atoms with E-state index in [1.807, 2.05) is 18.8 Å². The van der Waals surface area contributed by atoms with Crippen LogP contribution in [-0.4, -0.2) is 37.1 Å². The van der Waals surface area contributed by atoms with E-state index >= 15 is 0 Å². The van der Waals surface area contributed by atoms with Crippen LogP contribution in [-0.2, 0) is 6.54 Å². The molecule has 0 saturated heterocycles. The van der Waals surface area contributed by atoms with Gasteiger partial charge in [0.2, 0.25) is 0 Å². The lowest BCUT2D eigenvalue weighted by Gasteiger charge is -2.28. The molecule has 0 saturated carbocycles. The molecule has 0 bridgehead atoms. The number of nitrogens with zero attached hydrogens (tertiary/aromatic N) is 2. The van der Waals surface area contributed by atoms with Gasteiger partial charge in [0.25, 0.3) is 0 Å². The zero-order valence-corrected chi connectivity index (χ0v) is 13.0. The molecule has 0 radical (unpaired) electrons. The second kappa shape index (κ2) is 7.64. The maximum Gasteiger partial charge on any atom is 0.128 e. The van der Waals surface area contributed by atoms with Crippen molar-refractivity contribution >= 4 is 17.6 Å². The fourth-order valence-electron chi connectivity index (χ4n) is 2.03. The summed E-state index contributed by atoms with van der Waals surface area (Å²) in [6.07, 6.45) is 3.31. The van der Waals surface area contributed by atoms with Gasteiger partial charge in [-0.15, -0.1) is 0 Å². The molecule has 0 spiro atoms. The Morgan fingerprint density at radius 2 is 2.17 bits per heavy atom. The van der Waals surface area contributed by atoms with E-state index in [-0.39, 0.29) is 0 Å². The molecule has 1 unspecified atom stereocenters. The van der Waals surface area contributed by atoms with Gasteiger partial charge in [-0.2, -0.15) is 11.8 Å². The lowest BCUT2D eigenvalue weighted by molar-refractivity contribution is 0.664. The summed E-state index contributed by atoms with van der Waals surface area (Å²) in [5, 5.41) is 3.17. The minimum absolute atomic E-state index is 0.557. The van der Waals surface area contributed by atoms with E-state index < -0.39 is 0 Å². The van der Waals surface area contributed by atoms with Crippen molar-refractivity contribution in [1.82, 2.24) is 10.3 Å². The Kier molecular flexibility index (Phi) is 6.50. The zero-order valence-electron chi connectivity index (χ0n) is 12.2. The Morgan fingerprint density at radius 1 is 1.44 bits per heavy atom. The maximum atomic E-state index is 4.72. The normalized spacial score (nSPS) is 12.5. The number of thioether (sulfide) groups is 1. The smallest absolute Gasteiger partial charge is 0.128 e. The quantitative estimate of drug-likeness (QED) is 0.822. The maximum absolute atomic E-state index is 4.72. The summed E-state index contributed by atoms with van der Waals surface area (Å²) in [6, 6.07) is 4.86. The SMILES string of the molecule is CCC(CSC)N(C)c1ccc(CNC)c(C)n1. The van der Waals surface area contributed by atoms with Gasteiger partial charge in [0.1, 0.15) is 5.82 Å². The van der Waals surface area contributed by atoms with E-state index in [2.05, 4.69) is 49.5 Å². The molecule has 102 valence electrons. The van der Waals surface area contributed by atoms with E-state index in [0.29, 0.717) is 6.04 Å². The number of aryl methyl sites for hydroxylation is 1. The summed E-state index contributed by atoms with van der Waals surface area (Å²) in [5.74, 6) is 2.22. The Bertz CT molecular complexity index is 368. The zero-order chi connectivity index (χ0) is 13.5. The van der Waals surface area contributed by atoms with Crippen LogP contribution in [0.15, 0.2) is 12.1 Å². The van der Waals surface area contributed by atoms with Crippen molar-refractivity contribution in [2.75, 3.05) is 31.0 Å². The molecule has 1 atom stereocenters. The van der Waals surface area contributed by atoms with Gasteiger partial charge >= 0.3 is 0 Å². The third-order valence-corrected chi connectivity index (χ3v) is 4.01. The fourth-order valence-corrected chi connectivity index (χ4v) is 2.88. The fraction of sp³-hybridized carbons (Fsp3) is 0.643. The molecule has 0 aromatic carbocycles. The van der Waals surface area contributed by atoms with E-state index in [1.165, 1.54) is 5.56 Å². The molecule has 0 aliphatic rings. The number of rotatable bonds is 7. The van der Waals surface area contributed by atoms with Crippen LogP contribution in [0.2, 0.25) is 0 Å². The van der Waals surface area contributed by atoms with Crippen LogP contribution in [0.5, 0.6) is 0 Å². The average Bonchev–Trinajstić information content (AvgIpc) is 2.37. The summed E-state index contributed by atoms with van der Waals surface area (Å²) in [4.78, 5) is 7.02. The molecule has 1 aromatic heterocycles. The number of pyridine rings is 1. The number of anilines is 1. The number of nitrogens with one attached hydrogen (secondary N) is 1. The minimum atomic E-state index is 0.557. The van der Waals surface area contributed by atoms with Gasteiger partial charge in [-0.05, 0) is 38.3 Å². The first-order chi connectivity index (χ1) is 8.63. The molecular weight excluding hydrogens is 242 g/mol. The first-order valence-electron chi connectivity index (χ1n) is 6.46. The first-order valence-corrected chi connectivity index (χ1v) is 7.86. The van der Waals surface area contributed by atoms with Crippen molar-refractivity contribution in [2.24, 2.45) is 0 Å². The number of hydrogen-bond donors (Lipinski definition) is 1. The van der Waals surface area contributed by atoms with Crippen molar-refractivity contribution in [3.8, 4) is 0 Å².